The van der Waals surface area contributed by atoms with Crippen molar-refractivity contribution < 1.29 is 22.7 Å². The number of esters is 1. The van der Waals surface area contributed by atoms with Crippen molar-refractivity contribution in [2.45, 2.75) is 36.1 Å². The molecule has 1 heterocycles. The van der Waals surface area contributed by atoms with Crippen molar-refractivity contribution in [3.8, 4) is 0 Å². The molecule has 2 aromatic rings. The third-order valence-corrected chi connectivity index (χ3v) is 6.49. The monoisotopic (exact) mass is 394 g/mol. The van der Waals surface area contributed by atoms with E-state index in [9.17, 15) is 18.0 Å². The number of hydrogen-bond acceptors (Lipinski definition) is 6. The van der Waals surface area contributed by atoms with E-state index < -0.39 is 22.1 Å². The summed E-state index contributed by atoms with van der Waals surface area (Å²) in [6.07, 6.45) is 0.893. The molecule has 1 fully saturated rings. The van der Waals surface area contributed by atoms with Gasteiger partial charge in [0.05, 0.1) is 11.3 Å². The molecule has 0 radical (unpaired) electrons. The fourth-order valence-electron chi connectivity index (χ4n) is 2.19. The van der Waals surface area contributed by atoms with E-state index in [-0.39, 0.29) is 27.4 Å². The Labute approximate surface area is 155 Å². The van der Waals surface area contributed by atoms with Crippen LogP contribution in [0.1, 0.15) is 30.1 Å². The van der Waals surface area contributed by atoms with Gasteiger partial charge in [-0.3, -0.25) is 9.52 Å². The van der Waals surface area contributed by atoms with Crippen LogP contribution in [0.4, 0.5) is 5.69 Å². The number of sulfonamides is 1. The number of anilines is 1. The molecule has 1 atom stereocenters. The number of hydrogen-bond donors (Lipinski definition) is 2. The Kier molecular flexibility index (Phi) is 5.28. The van der Waals surface area contributed by atoms with Gasteiger partial charge in [-0.15, -0.1) is 11.3 Å². The van der Waals surface area contributed by atoms with Crippen molar-refractivity contribution in [1.29, 1.82) is 0 Å². The molecule has 0 bridgehead atoms. The minimum Gasteiger partial charge on any atom is -0.449 e. The topological polar surface area (TPSA) is 102 Å². The predicted octanol–water partition coefficient (Wildman–Crippen LogP) is 2.37. The summed E-state index contributed by atoms with van der Waals surface area (Å²) in [5.41, 5.74) is 0.138. The molecule has 0 unspecified atom stereocenters. The minimum absolute atomic E-state index is 0.0405. The van der Waals surface area contributed by atoms with E-state index in [4.69, 9.17) is 4.74 Å². The number of amides is 1. The van der Waals surface area contributed by atoms with Crippen molar-refractivity contribution in [1.82, 2.24) is 5.32 Å². The summed E-state index contributed by atoms with van der Waals surface area (Å²) >= 11 is 1.07. The smallest absolute Gasteiger partial charge is 0.341 e. The summed E-state index contributed by atoms with van der Waals surface area (Å²) < 4.78 is 32.5. The van der Waals surface area contributed by atoms with Gasteiger partial charge < -0.3 is 10.1 Å². The number of para-hydroxylation sites is 1. The molecule has 7 nitrogen and oxygen atoms in total. The lowest BCUT2D eigenvalue weighted by Gasteiger charge is -2.15. The predicted molar refractivity (Wildman–Crippen MR) is 97.6 cm³/mol. The van der Waals surface area contributed by atoms with Crippen LogP contribution < -0.4 is 10.0 Å². The highest BCUT2D eigenvalue weighted by atomic mass is 32.2. The van der Waals surface area contributed by atoms with E-state index in [1.165, 1.54) is 25.1 Å². The van der Waals surface area contributed by atoms with Crippen LogP contribution in [-0.4, -0.2) is 32.4 Å². The van der Waals surface area contributed by atoms with E-state index in [1.54, 1.807) is 23.6 Å². The van der Waals surface area contributed by atoms with Crippen LogP contribution in [0.5, 0.6) is 0 Å². The molecule has 26 heavy (non-hydrogen) atoms. The minimum atomic E-state index is -3.80. The quantitative estimate of drug-likeness (QED) is 0.702. The Balaban J connectivity index is 1.73. The Morgan fingerprint density at radius 3 is 2.58 bits per heavy atom. The summed E-state index contributed by atoms with van der Waals surface area (Å²) in [5, 5.41) is 4.40. The number of carbonyl (C=O) groups excluding carboxylic acids is 2. The summed E-state index contributed by atoms with van der Waals surface area (Å²) in [4.78, 5) is 24.4. The lowest BCUT2D eigenvalue weighted by molar-refractivity contribution is -0.129. The second-order valence-corrected chi connectivity index (χ2v) is 8.77. The van der Waals surface area contributed by atoms with Crippen LogP contribution in [0, 0.1) is 0 Å². The normalized spacial score (nSPS) is 15.1. The van der Waals surface area contributed by atoms with Gasteiger partial charge in [0.15, 0.2) is 6.10 Å². The molecule has 138 valence electrons. The van der Waals surface area contributed by atoms with Crippen LogP contribution >= 0.6 is 11.3 Å². The van der Waals surface area contributed by atoms with Gasteiger partial charge in [0.25, 0.3) is 15.9 Å². The molecule has 1 aliphatic rings. The third-order valence-electron chi connectivity index (χ3n) is 3.73. The second kappa shape index (κ2) is 7.46. The van der Waals surface area contributed by atoms with Gasteiger partial charge in [0, 0.05) is 6.04 Å². The molecule has 1 amide bonds. The first-order chi connectivity index (χ1) is 12.4. The highest BCUT2D eigenvalue weighted by molar-refractivity contribution is 7.94. The molecule has 3 rings (SSSR count). The summed E-state index contributed by atoms with van der Waals surface area (Å²) in [6, 6.07) is 9.36. The fourth-order valence-corrected chi connectivity index (χ4v) is 4.26. The zero-order valence-electron chi connectivity index (χ0n) is 14.0. The Bertz CT molecular complexity index is 905. The summed E-state index contributed by atoms with van der Waals surface area (Å²) in [6.45, 7) is 1.48. The maximum absolute atomic E-state index is 12.4. The molecular weight excluding hydrogens is 376 g/mol. The maximum atomic E-state index is 12.4. The van der Waals surface area contributed by atoms with Gasteiger partial charge in [-0.05, 0) is 43.3 Å². The molecule has 2 N–H and O–H groups in total. The third kappa shape index (κ3) is 4.41. The number of rotatable bonds is 7. The number of benzene rings is 1. The van der Waals surface area contributed by atoms with Gasteiger partial charge in [0.1, 0.15) is 4.21 Å². The zero-order chi connectivity index (χ0) is 18.7. The first kappa shape index (κ1) is 18.4. The van der Waals surface area contributed by atoms with Crippen molar-refractivity contribution in [3.05, 3.63) is 47.3 Å². The Morgan fingerprint density at radius 2 is 1.92 bits per heavy atom. The average molecular weight is 394 g/mol. The molecule has 1 saturated carbocycles. The van der Waals surface area contributed by atoms with E-state index in [1.807, 2.05) is 0 Å². The lowest BCUT2D eigenvalue weighted by Crippen LogP contribution is -2.37. The number of thiophene rings is 1. The second-order valence-electron chi connectivity index (χ2n) is 5.91. The Hall–Kier alpha value is -2.39. The van der Waals surface area contributed by atoms with Gasteiger partial charge >= 0.3 is 5.97 Å². The van der Waals surface area contributed by atoms with Crippen LogP contribution in [0.25, 0.3) is 0 Å². The highest BCUT2D eigenvalue weighted by Gasteiger charge is 2.28. The molecule has 1 aromatic carbocycles. The molecule has 0 saturated heterocycles. The molecule has 1 aromatic heterocycles. The van der Waals surface area contributed by atoms with E-state index in [2.05, 4.69) is 10.0 Å². The standard InChI is InChI=1S/C17H18N2O5S2/c1-11(16(20)18-12-8-9-12)24-17(21)13-5-2-3-6-14(13)19-26(22,23)15-7-4-10-25-15/h2-7,10-12,19H,8-9H2,1H3,(H,18,20)/t11-/m1/s1. The SMILES string of the molecule is C[C@@H](OC(=O)c1ccccc1NS(=O)(=O)c1cccs1)C(=O)NC1CC1. The first-order valence-corrected chi connectivity index (χ1v) is 10.4. The molecule has 9 heteroatoms. The molecule has 0 aliphatic heterocycles. The van der Waals surface area contributed by atoms with Crippen LogP contribution in [0.2, 0.25) is 0 Å². The zero-order valence-corrected chi connectivity index (χ0v) is 15.6. The Morgan fingerprint density at radius 1 is 1.19 bits per heavy atom. The fraction of sp³-hybridized carbons (Fsp3) is 0.294. The molecule has 1 aliphatic carbocycles. The van der Waals surface area contributed by atoms with E-state index in [0.29, 0.717) is 0 Å². The van der Waals surface area contributed by atoms with Gasteiger partial charge in [-0.25, -0.2) is 13.2 Å². The lowest BCUT2D eigenvalue weighted by atomic mass is 10.2. The number of ether oxygens (including phenoxy) is 1. The average Bonchev–Trinajstić information content (AvgIpc) is 3.22. The van der Waals surface area contributed by atoms with Gasteiger partial charge in [0.2, 0.25) is 0 Å². The first-order valence-electron chi connectivity index (χ1n) is 8.03. The highest BCUT2D eigenvalue weighted by Crippen LogP contribution is 2.24. The maximum Gasteiger partial charge on any atom is 0.341 e. The van der Waals surface area contributed by atoms with Crippen molar-refractivity contribution >= 4 is 38.9 Å². The largest absolute Gasteiger partial charge is 0.449 e. The van der Waals surface area contributed by atoms with E-state index in [0.717, 1.165) is 24.2 Å². The van der Waals surface area contributed by atoms with E-state index >= 15 is 0 Å². The molecule has 0 spiro atoms. The van der Waals surface area contributed by atoms with Crippen molar-refractivity contribution in [2.75, 3.05) is 4.72 Å². The van der Waals surface area contributed by atoms with Crippen LogP contribution in [0.15, 0.2) is 46.0 Å². The number of carbonyl (C=O) groups is 2. The summed E-state index contributed by atoms with van der Waals surface area (Å²) in [5.74, 6) is -1.13. The van der Waals surface area contributed by atoms with Crippen molar-refractivity contribution in [2.24, 2.45) is 0 Å². The van der Waals surface area contributed by atoms with Gasteiger partial charge in [-0.1, -0.05) is 18.2 Å². The van der Waals surface area contributed by atoms with Gasteiger partial charge in [-0.2, -0.15) is 0 Å². The summed E-state index contributed by atoms with van der Waals surface area (Å²) in [7, 11) is -3.80. The van der Waals surface area contributed by atoms with Crippen molar-refractivity contribution in [3.63, 3.8) is 0 Å². The van der Waals surface area contributed by atoms with Crippen LogP contribution in [-0.2, 0) is 19.6 Å². The van der Waals surface area contributed by atoms with Crippen LogP contribution in [0.3, 0.4) is 0 Å². The molecular formula is C17H18N2O5S2. The number of nitrogens with one attached hydrogen (secondary N) is 2.